The molecule has 3 heterocycles. The Morgan fingerprint density at radius 3 is 2.63 bits per heavy atom. The first-order chi connectivity index (χ1) is 13.0. The molecule has 0 bridgehead atoms. The molecule has 1 fully saturated rings. The molecule has 2 aliphatic heterocycles. The highest BCUT2D eigenvalue weighted by molar-refractivity contribution is 6.04. The van der Waals surface area contributed by atoms with E-state index in [1.807, 2.05) is 49.1 Å². The van der Waals surface area contributed by atoms with E-state index in [-0.39, 0.29) is 17.9 Å². The van der Waals surface area contributed by atoms with Gasteiger partial charge < -0.3 is 14.5 Å². The molecule has 1 atom stereocenters. The van der Waals surface area contributed by atoms with Crippen LogP contribution in [-0.2, 0) is 14.3 Å². The second kappa shape index (κ2) is 6.81. The summed E-state index contributed by atoms with van der Waals surface area (Å²) in [5.74, 6) is 0.0451. The van der Waals surface area contributed by atoms with Gasteiger partial charge in [-0.1, -0.05) is 13.0 Å². The Balaban J connectivity index is 1.75. The fourth-order valence-corrected chi connectivity index (χ4v) is 3.77. The topological polar surface area (TPSA) is 67.7 Å². The molecule has 0 unspecified atom stereocenters. The van der Waals surface area contributed by atoms with Crippen LogP contribution in [0.1, 0.15) is 33.2 Å². The SMILES string of the molecule is CCC(=O)N1C[C@H](C)N(C(C)=O)c2ccc(-c3cnn(C4COC4)c3)cc21. The minimum atomic E-state index is -0.0577. The van der Waals surface area contributed by atoms with Crippen molar-refractivity contribution in [2.24, 2.45) is 0 Å². The predicted octanol–water partition coefficient (Wildman–Crippen LogP) is 2.62. The molecule has 2 aromatic rings. The predicted molar refractivity (Wildman–Crippen MR) is 103 cm³/mol. The fourth-order valence-electron chi connectivity index (χ4n) is 3.77. The summed E-state index contributed by atoms with van der Waals surface area (Å²) in [5, 5.41) is 4.44. The van der Waals surface area contributed by atoms with Crippen LogP contribution < -0.4 is 9.80 Å². The van der Waals surface area contributed by atoms with Crippen LogP contribution in [0, 0.1) is 0 Å². The van der Waals surface area contributed by atoms with Crippen molar-refractivity contribution in [2.75, 3.05) is 29.6 Å². The second-order valence-electron chi connectivity index (χ2n) is 7.20. The van der Waals surface area contributed by atoms with Gasteiger partial charge in [-0.2, -0.15) is 5.10 Å². The number of ether oxygens (including phenoxy) is 1. The monoisotopic (exact) mass is 368 g/mol. The molecule has 2 aliphatic rings. The maximum absolute atomic E-state index is 12.5. The van der Waals surface area contributed by atoms with Gasteiger partial charge in [-0.05, 0) is 24.6 Å². The van der Waals surface area contributed by atoms with Crippen molar-refractivity contribution >= 4 is 23.2 Å². The number of hydrogen-bond acceptors (Lipinski definition) is 4. The Kier molecular flexibility index (Phi) is 4.47. The quantitative estimate of drug-likeness (QED) is 0.835. The van der Waals surface area contributed by atoms with Gasteiger partial charge in [0.05, 0.1) is 42.9 Å². The molecule has 4 rings (SSSR count). The van der Waals surface area contributed by atoms with Gasteiger partial charge in [0.1, 0.15) is 0 Å². The highest BCUT2D eigenvalue weighted by atomic mass is 16.5. The molecule has 142 valence electrons. The zero-order chi connectivity index (χ0) is 19.1. The first-order valence-corrected chi connectivity index (χ1v) is 9.36. The molecule has 27 heavy (non-hydrogen) atoms. The van der Waals surface area contributed by atoms with Crippen LogP contribution in [0.2, 0.25) is 0 Å². The number of benzene rings is 1. The third-order valence-corrected chi connectivity index (χ3v) is 5.29. The van der Waals surface area contributed by atoms with Gasteiger partial charge in [-0.25, -0.2) is 0 Å². The summed E-state index contributed by atoms with van der Waals surface area (Å²) in [6.45, 7) is 7.28. The molecule has 1 saturated heterocycles. The summed E-state index contributed by atoms with van der Waals surface area (Å²) in [6, 6.07) is 6.14. The van der Waals surface area contributed by atoms with Gasteiger partial charge in [0, 0.05) is 31.6 Å². The van der Waals surface area contributed by atoms with E-state index < -0.39 is 0 Å². The number of aromatic nitrogens is 2. The van der Waals surface area contributed by atoms with Gasteiger partial charge in [0.2, 0.25) is 11.8 Å². The fraction of sp³-hybridized carbons (Fsp3) is 0.450. The largest absolute Gasteiger partial charge is 0.377 e. The molecular formula is C20H24N4O3. The molecule has 0 spiro atoms. The van der Waals surface area contributed by atoms with Crippen LogP contribution >= 0.6 is 0 Å². The number of nitrogens with zero attached hydrogens (tertiary/aromatic N) is 4. The molecule has 1 aromatic heterocycles. The molecule has 7 heteroatoms. The molecular weight excluding hydrogens is 344 g/mol. The average Bonchev–Trinajstić information content (AvgIpc) is 3.07. The van der Waals surface area contributed by atoms with E-state index in [1.165, 1.54) is 0 Å². The Bertz CT molecular complexity index is 887. The molecule has 0 radical (unpaired) electrons. The molecule has 0 aliphatic carbocycles. The maximum atomic E-state index is 12.5. The van der Waals surface area contributed by atoms with Gasteiger partial charge >= 0.3 is 0 Å². The lowest BCUT2D eigenvalue weighted by Crippen LogP contribution is -2.51. The standard InChI is InChI=1S/C20H24N4O3/c1-4-20(26)22-9-13(2)24(14(3)25)18-6-5-15(7-19(18)22)16-8-21-23(10-16)17-11-27-12-17/h5-8,10,13,17H,4,9,11-12H2,1-3H3/t13-/m0/s1. The summed E-state index contributed by atoms with van der Waals surface area (Å²) < 4.78 is 7.16. The lowest BCUT2D eigenvalue weighted by atomic mass is 10.0. The maximum Gasteiger partial charge on any atom is 0.226 e. The minimum absolute atomic E-state index is 0.0158. The molecule has 7 nitrogen and oxygen atoms in total. The molecule has 2 amide bonds. The van der Waals surface area contributed by atoms with Crippen molar-refractivity contribution in [3.05, 3.63) is 30.6 Å². The second-order valence-corrected chi connectivity index (χ2v) is 7.20. The van der Waals surface area contributed by atoms with Crippen LogP contribution in [0.4, 0.5) is 11.4 Å². The number of fused-ring (bicyclic) bond motifs is 1. The summed E-state index contributed by atoms with van der Waals surface area (Å²) in [6.07, 6.45) is 4.27. The van der Waals surface area contributed by atoms with E-state index in [0.29, 0.717) is 32.2 Å². The van der Waals surface area contributed by atoms with Crippen LogP contribution in [0.25, 0.3) is 11.1 Å². The highest BCUT2D eigenvalue weighted by Crippen LogP contribution is 2.39. The number of carbonyl (C=O) groups excluding carboxylic acids is 2. The van der Waals surface area contributed by atoms with Gasteiger partial charge in [0.15, 0.2) is 0 Å². The third kappa shape index (κ3) is 3.02. The number of anilines is 2. The Labute approximate surface area is 158 Å². The number of carbonyl (C=O) groups is 2. The van der Waals surface area contributed by atoms with E-state index in [0.717, 1.165) is 22.5 Å². The normalized spacial score (nSPS) is 19.6. The lowest BCUT2D eigenvalue weighted by Gasteiger charge is -2.41. The van der Waals surface area contributed by atoms with Crippen molar-refractivity contribution < 1.29 is 14.3 Å². The van der Waals surface area contributed by atoms with E-state index in [1.54, 1.807) is 16.7 Å². The van der Waals surface area contributed by atoms with E-state index in [4.69, 9.17) is 4.74 Å². The number of rotatable bonds is 3. The van der Waals surface area contributed by atoms with E-state index in [9.17, 15) is 9.59 Å². The van der Waals surface area contributed by atoms with Gasteiger partial charge in [-0.15, -0.1) is 0 Å². The van der Waals surface area contributed by atoms with E-state index in [2.05, 4.69) is 5.10 Å². The Hall–Kier alpha value is -2.67. The summed E-state index contributed by atoms with van der Waals surface area (Å²) >= 11 is 0. The lowest BCUT2D eigenvalue weighted by molar-refractivity contribution is -0.119. The summed E-state index contributed by atoms with van der Waals surface area (Å²) in [7, 11) is 0. The third-order valence-electron chi connectivity index (χ3n) is 5.29. The zero-order valence-electron chi connectivity index (χ0n) is 15.9. The summed E-state index contributed by atoms with van der Waals surface area (Å²) in [4.78, 5) is 28.3. The molecule has 0 N–H and O–H groups in total. The smallest absolute Gasteiger partial charge is 0.226 e. The van der Waals surface area contributed by atoms with Crippen LogP contribution in [-0.4, -0.2) is 47.4 Å². The van der Waals surface area contributed by atoms with Crippen molar-refractivity contribution in [3.63, 3.8) is 0 Å². The molecule has 1 aromatic carbocycles. The summed E-state index contributed by atoms with van der Waals surface area (Å²) in [5.41, 5.74) is 3.53. The van der Waals surface area contributed by atoms with Crippen LogP contribution in [0.3, 0.4) is 0 Å². The van der Waals surface area contributed by atoms with Crippen molar-refractivity contribution in [1.29, 1.82) is 0 Å². The molecule has 0 saturated carbocycles. The minimum Gasteiger partial charge on any atom is -0.377 e. The van der Waals surface area contributed by atoms with Crippen LogP contribution in [0.15, 0.2) is 30.6 Å². The number of hydrogen-bond donors (Lipinski definition) is 0. The van der Waals surface area contributed by atoms with Crippen molar-refractivity contribution in [2.45, 2.75) is 39.3 Å². The Morgan fingerprint density at radius 2 is 2.00 bits per heavy atom. The van der Waals surface area contributed by atoms with E-state index >= 15 is 0 Å². The van der Waals surface area contributed by atoms with Gasteiger partial charge in [-0.3, -0.25) is 14.3 Å². The first kappa shape index (κ1) is 17.7. The van der Waals surface area contributed by atoms with Crippen molar-refractivity contribution in [1.82, 2.24) is 9.78 Å². The number of amides is 2. The van der Waals surface area contributed by atoms with Crippen LogP contribution in [0.5, 0.6) is 0 Å². The van der Waals surface area contributed by atoms with Gasteiger partial charge in [0.25, 0.3) is 0 Å². The zero-order valence-corrected chi connectivity index (χ0v) is 15.9. The average molecular weight is 368 g/mol. The Morgan fingerprint density at radius 1 is 1.22 bits per heavy atom. The highest BCUT2D eigenvalue weighted by Gasteiger charge is 2.33. The first-order valence-electron chi connectivity index (χ1n) is 9.36. The van der Waals surface area contributed by atoms with Crippen molar-refractivity contribution in [3.8, 4) is 11.1 Å².